The van der Waals surface area contributed by atoms with E-state index in [1.165, 1.54) is 0 Å². The van der Waals surface area contributed by atoms with Crippen LogP contribution >= 0.6 is 0 Å². The van der Waals surface area contributed by atoms with Gasteiger partial charge in [-0.1, -0.05) is 26.8 Å². The molecule has 0 amide bonds. The number of hydrogen-bond donors (Lipinski definition) is 0. The summed E-state index contributed by atoms with van der Waals surface area (Å²) in [6.45, 7) is 6.04. The molecule has 0 aliphatic heterocycles. The lowest BCUT2D eigenvalue weighted by Gasteiger charge is -2.12. The van der Waals surface area contributed by atoms with Crippen molar-refractivity contribution in [3.05, 3.63) is 30.1 Å². The highest BCUT2D eigenvalue weighted by molar-refractivity contribution is 5.95. The normalized spacial score (nSPS) is 12.9. The summed E-state index contributed by atoms with van der Waals surface area (Å²) in [5, 5.41) is 0. The van der Waals surface area contributed by atoms with Crippen molar-refractivity contribution in [2.45, 2.75) is 20.8 Å². The van der Waals surface area contributed by atoms with Gasteiger partial charge in [-0.05, 0) is 18.1 Å². The molecule has 1 aromatic rings. The van der Waals surface area contributed by atoms with Gasteiger partial charge in [0.15, 0.2) is 5.78 Å². The summed E-state index contributed by atoms with van der Waals surface area (Å²) in [6, 6.07) is 5.42. The van der Waals surface area contributed by atoms with Crippen LogP contribution in [0.2, 0.25) is 0 Å². The van der Waals surface area contributed by atoms with Gasteiger partial charge in [0.1, 0.15) is 5.69 Å². The van der Waals surface area contributed by atoms with Gasteiger partial charge in [0.25, 0.3) is 0 Å². The lowest BCUT2D eigenvalue weighted by atomic mass is 9.92. The molecular weight excluding hydrogens is 162 g/mol. The first-order chi connectivity index (χ1) is 6.13. The first kappa shape index (κ1) is 9.90. The Labute approximate surface area is 79.0 Å². The van der Waals surface area contributed by atoms with Crippen LogP contribution in [0.5, 0.6) is 0 Å². The van der Waals surface area contributed by atoms with E-state index in [1.54, 1.807) is 12.3 Å². The summed E-state index contributed by atoms with van der Waals surface area (Å²) < 4.78 is 0. The van der Waals surface area contributed by atoms with E-state index in [-0.39, 0.29) is 11.7 Å². The molecule has 1 aromatic heterocycles. The molecule has 1 atom stereocenters. The van der Waals surface area contributed by atoms with Gasteiger partial charge in [-0.25, -0.2) is 0 Å². The van der Waals surface area contributed by atoms with E-state index in [0.717, 1.165) is 0 Å². The fourth-order valence-electron chi connectivity index (χ4n) is 1.04. The van der Waals surface area contributed by atoms with Crippen LogP contribution in [0.4, 0.5) is 0 Å². The van der Waals surface area contributed by atoms with Crippen molar-refractivity contribution in [3.63, 3.8) is 0 Å². The van der Waals surface area contributed by atoms with Crippen molar-refractivity contribution in [3.8, 4) is 0 Å². The molecule has 1 rings (SSSR count). The molecule has 0 N–H and O–H groups in total. The number of rotatable bonds is 3. The Kier molecular flexibility index (Phi) is 3.18. The number of hydrogen-bond acceptors (Lipinski definition) is 2. The van der Waals surface area contributed by atoms with Crippen LogP contribution in [-0.4, -0.2) is 10.8 Å². The molecule has 0 aromatic carbocycles. The van der Waals surface area contributed by atoms with Crippen LogP contribution < -0.4 is 0 Å². The number of ketones is 1. The van der Waals surface area contributed by atoms with E-state index < -0.39 is 0 Å². The second-order valence-corrected chi connectivity index (χ2v) is 3.61. The van der Waals surface area contributed by atoms with Gasteiger partial charge in [0.2, 0.25) is 0 Å². The summed E-state index contributed by atoms with van der Waals surface area (Å²) in [5.74, 6) is 0.556. The smallest absolute Gasteiger partial charge is 0.184 e. The highest BCUT2D eigenvalue weighted by Gasteiger charge is 2.18. The number of carbonyl (C=O) groups excluding carboxylic acids is 1. The van der Waals surface area contributed by atoms with E-state index in [9.17, 15) is 4.79 Å². The quantitative estimate of drug-likeness (QED) is 0.664. The Balaban J connectivity index is 2.80. The molecule has 0 saturated heterocycles. The number of carbonyl (C=O) groups is 1. The van der Waals surface area contributed by atoms with Gasteiger partial charge < -0.3 is 0 Å². The Morgan fingerprint density at radius 3 is 2.46 bits per heavy atom. The molecule has 0 bridgehead atoms. The Morgan fingerprint density at radius 2 is 2.00 bits per heavy atom. The average molecular weight is 177 g/mol. The first-order valence-corrected chi connectivity index (χ1v) is 4.58. The predicted molar refractivity (Wildman–Crippen MR) is 52.6 cm³/mol. The van der Waals surface area contributed by atoms with Gasteiger partial charge in [-0.15, -0.1) is 0 Å². The van der Waals surface area contributed by atoms with E-state index in [2.05, 4.69) is 4.98 Å². The topological polar surface area (TPSA) is 30.0 Å². The molecule has 0 saturated carbocycles. The van der Waals surface area contributed by atoms with Crippen LogP contribution in [-0.2, 0) is 0 Å². The minimum absolute atomic E-state index is 0.0508. The average Bonchev–Trinajstić information content (AvgIpc) is 2.17. The molecule has 0 radical (unpaired) electrons. The Morgan fingerprint density at radius 1 is 1.31 bits per heavy atom. The minimum atomic E-state index is 0.0508. The molecule has 0 spiro atoms. The summed E-state index contributed by atoms with van der Waals surface area (Å²) in [4.78, 5) is 15.8. The summed E-state index contributed by atoms with van der Waals surface area (Å²) >= 11 is 0. The van der Waals surface area contributed by atoms with Crippen LogP contribution in [0.25, 0.3) is 0 Å². The van der Waals surface area contributed by atoms with Crippen LogP contribution in [0, 0.1) is 11.8 Å². The third kappa shape index (κ3) is 2.38. The van der Waals surface area contributed by atoms with Crippen molar-refractivity contribution in [2.24, 2.45) is 11.8 Å². The van der Waals surface area contributed by atoms with Crippen LogP contribution in [0.1, 0.15) is 31.3 Å². The van der Waals surface area contributed by atoms with Gasteiger partial charge in [-0.2, -0.15) is 0 Å². The largest absolute Gasteiger partial charge is 0.292 e. The second kappa shape index (κ2) is 4.17. The Bertz CT molecular complexity index is 279. The van der Waals surface area contributed by atoms with Crippen LogP contribution in [0.15, 0.2) is 24.4 Å². The molecule has 0 aliphatic carbocycles. The molecule has 1 heterocycles. The molecule has 0 aliphatic rings. The van der Waals surface area contributed by atoms with Crippen molar-refractivity contribution in [2.75, 3.05) is 0 Å². The fraction of sp³-hybridized carbons (Fsp3) is 0.455. The van der Waals surface area contributed by atoms with Gasteiger partial charge in [-0.3, -0.25) is 9.78 Å². The predicted octanol–water partition coefficient (Wildman–Crippen LogP) is 2.56. The maximum atomic E-state index is 11.7. The standard InChI is InChI=1S/C11H15NO/c1-8(2)9(3)11(13)10-6-4-5-7-12-10/h4-9H,1-3H3. The number of Topliss-reactive ketones (excluding diaryl/α,β-unsaturated/α-hetero) is 1. The highest BCUT2D eigenvalue weighted by atomic mass is 16.1. The monoisotopic (exact) mass is 177 g/mol. The third-order valence-electron chi connectivity index (χ3n) is 2.33. The zero-order chi connectivity index (χ0) is 9.84. The summed E-state index contributed by atoms with van der Waals surface area (Å²) in [7, 11) is 0. The molecule has 70 valence electrons. The number of nitrogens with zero attached hydrogens (tertiary/aromatic N) is 1. The lowest BCUT2D eigenvalue weighted by Crippen LogP contribution is -2.17. The van der Waals surface area contributed by atoms with Crippen molar-refractivity contribution in [1.29, 1.82) is 0 Å². The zero-order valence-corrected chi connectivity index (χ0v) is 8.32. The molecule has 0 fully saturated rings. The summed E-state index contributed by atoms with van der Waals surface area (Å²) in [6.07, 6.45) is 1.65. The lowest BCUT2D eigenvalue weighted by molar-refractivity contribution is 0.0894. The van der Waals surface area contributed by atoms with E-state index >= 15 is 0 Å². The number of pyridine rings is 1. The van der Waals surface area contributed by atoms with Gasteiger partial charge >= 0.3 is 0 Å². The maximum Gasteiger partial charge on any atom is 0.184 e. The van der Waals surface area contributed by atoms with Gasteiger partial charge in [0.05, 0.1) is 0 Å². The van der Waals surface area contributed by atoms with E-state index in [4.69, 9.17) is 0 Å². The molecule has 2 heteroatoms. The third-order valence-corrected chi connectivity index (χ3v) is 2.33. The maximum absolute atomic E-state index is 11.7. The molecular formula is C11H15NO. The van der Waals surface area contributed by atoms with Crippen molar-refractivity contribution < 1.29 is 4.79 Å². The van der Waals surface area contributed by atoms with Crippen LogP contribution in [0.3, 0.4) is 0 Å². The minimum Gasteiger partial charge on any atom is -0.292 e. The second-order valence-electron chi connectivity index (χ2n) is 3.61. The van der Waals surface area contributed by atoms with Crippen molar-refractivity contribution >= 4 is 5.78 Å². The van der Waals surface area contributed by atoms with E-state index in [1.807, 2.05) is 32.9 Å². The highest BCUT2D eigenvalue weighted by Crippen LogP contribution is 2.14. The van der Waals surface area contributed by atoms with Crippen molar-refractivity contribution in [1.82, 2.24) is 4.98 Å². The zero-order valence-electron chi connectivity index (χ0n) is 8.32. The number of aromatic nitrogens is 1. The van der Waals surface area contributed by atoms with E-state index in [0.29, 0.717) is 11.6 Å². The first-order valence-electron chi connectivity index (χ1n) is 4.58. The molecule has 2 nitrogen and oxygen atoms in total. The molecule has 1 unspecified atom stereocenters. The SMILES string of the molecule is CC(C)C(C)C(=O)c1ccccn1. The molecule has 13 heavy (non-hydrogen) atoms. The summed E-state index contributed by atoms with van der Waals surface area (Å²) in [5.41, 5.74) is 0.573. The Hall–Kier alpha value is -1.18. The fourth-order valence-corrected chi connectivity index (χ4v) is 1.04. The van der Waals surface area contributed by atoms with Gasteiger partial charge in [0, 0.05) is 12.1 Å².